The highest BCUT2D eigenvalue weighted by Gasteiger charge is 2.41. The molecule has 2 heterocycles. The van der Waals surface area contributed by atoms with Crippen molar-refractivity contribution in [2.75, 3.05) is 32.1 Å². The molecule has 3 rings (SSSR count). The minimum atomic E-state index is -0.179. The zero-order valence-electron chi connectivity index (χ0n) is 14.9. The molecule has 7 heteroatoms. The molecule has 2 saturated heterocycles. The fraction of sp³-hybridized carbons (Fsp3) is 0.611. The summed E-state index contributed by atoms with van der Waals surface area (Å²) in [5.41, 5.74) is 0.638. The van der Waals surface area contributed by atoms with Crippen molar-refractivity contribution in [3.63, 3.8) is 0 Å². The minimum Gasteiger partial charge on any atom is -0.373 e. The number of halogens is 2. The van der Waals surface area contributed by atoms with Crippen LogP contribution in [0.4, 0.5) is 10.1 Å². The number of fused-ring (bicyclic) bond motifs is 2. The molecule has 3 unspecified atom stereocenters. The fourth-order valence-electron chi connectivity index (χ4n) is 3.56. The molecule has 0 radical (unpaired) electrons. The van der Waals surface area contributed by atoms with Gasteiger partial charge in [0.25, 0.3) is 0 Å². The van der Waals surface area contributed by atoms with Crippen LogP contribution in [0.15, 0.2) is 29.3 Å². The Balaban J connectivity index is 0.00000225. The Morgan fingerprint density at radius 3 is 2.80 bits per heavy atom. The van der Waals surface area contributed by atoms with E-state index in [1.54, 1.807) is 19.2 Å². The second-order valence-corrected chi connectivity index (χ2v) is 6.59. The van der Waals surface area contributed by atoms with Gasteiger partial charge in [-0.25, -0.2) is 4.39 Å². The van der Waals surface area contributed by atoms with Crippen LogP contribution in [0, 0.1) is 5.82 Å². The Labute approximate surface area is 166 Å². The maximum atomic E-state index is 13.7. The van der Waals surface area contributed by atoms with Crippen LogP contribution in [0.3, 0.4) is 0 Å². The molecule has 3 atom stereocenters. The van der Waals surface area contributed by atoms with Crippen LogP contribution in [0.2, 0.25) is 0 Å². The normalized spacial score (nSPS) is 24.8. The quantitative estimate of drug-likeness (QED) is 0.296. The van der Waals surface area contributed by atoms with E-state index in [4.69, 9.17) is 4.74 Å². The zero-order chi connectivity index (χ0) is 16.9. The van der Waals surface area contributed by atoms with Gasteiger partial charge in [-0.3, -0.25) is 4.99 Å². The first-order valence-electron chi connectivity index (χ1n) is 8.75. The van der Waals surface area contributed by atoms with Gasteiger partial charge in [-0.2, -0.15) is 0 Å². The lowest BCUT2D eigenvalue weighted by Crippen LogP contribution is -2.47. The summed E-state index contributed by atoms with van der Waals surface area (Å²) in [7, 11) is 3.70. The van der Waals surface area contributed by atoms with Crippen molar-refractivity contribution >= 4 is 35.6 Å². The summed E-state index contributed by atoms with van der Waals surface area (Å²) in [6.45, 7) is 1.57. The first-order valence-corrected chi connectivity index (χ1v) is 8.75. The van der Waals surface area contributed by atoms with Gasteiger partial charge < -0.3 is 20.3 Å². The van der Waals surface area contributed by atoms with E-state index in [0.29, 0.717) is 23.9 Å². The van der Waals surface area contributed by atoms with E-state index in [9.17, 15) is 4.39 Å². The van der Waals surface area contributed by atoms with E-state index in [1.165, 1.54) is 12.5 Å². The van der Waals surface area contributed by atoms with Crippen LogP contribution < -0.4 is 15.5 Å². The second-order valence-electron chi connectivity index (χ2n) is 6.59. The van der Waals surface area contributed by atoms with E-state index in [0.717, 1.165) is 38.3 Å². The van der Waals surface area contributed by atoms with Gasteiger partial charge in [-0.1, -0.05) is 12.1 Å². The molecule has 1 aromatic carbocycles. The number of nitrogens with one attached hydrogen (secondary N) is 2. The van der Waals surface area contributed by atoms with Gasteiger partial charge in [0.05, 0.1) is 23.9 Å². The van der Waals surface area contributed by atoms with Gasteiger partial charge in [-0.05, 0) is 37.8 Å². The molecular formula is C18H28FIN4O. The van der Waals surface area contributed by atoms with Crippen molar-refractivity contribution in [3.05, 3.63) is 30.1 Å². The highest BCUT2D eigenvalue weighted by Crippen LogP contribution is 2.34. The number of rotatable bonds is 6. The molecule has 2 aliphatic rings. The number of guanidine groups is 1. The predicted octanol–water partition coefficient (Wildman–Crippen LogP) is 2.75. The molecule has 2 fully saturated rings. The second kappa shape index (κ2) is 9.56. The highest BCUT2D eigenvalue weighted by molar-refractivity contribution is 14.0. The number of para-hydroxylation sites is 1. The average Bonchev–Trinajstić information content (AvgIpc) is 3.20. The summed E-state index contributed by atoms with van der Waals surface area (Å²) in [6, 6.07) is 7.24. The largest absolute Gasteiger partial charge is 0.373 e. The van der Waals surface area contributed by atoms with Crippen molar-refractivity contribution in [2.45, 2.75) is 43.9 Å². The molecule has 0 amide bonds. The maximum absolute atomic E-state index is 13.7. The molecule has 2 aliphatic heterocycles. The van der Waals surface area contributed by atoms with Gasteiger partial charge in [-0.15, -0.1) is 24.0 Å². The highest BCUT2D eigenvalue weighted by atomic mass is 127. The first kappa shape index (κ1) is 20.2. The van der Waals surface area contributed by atoms with Crippen molar-refractivity contribution < 1.29 is 9.13 Å². The minimum absolute atomic E-state index is 0. The Hall–Kier alpha value is -1.09. The Morgan fingerprint density at radius 1 is 1.36 bits per heavy atom. The van der Waals surface area contributed by atoms with Crippen LogP contribution in [0.5, 0.6) is 0 Å². The standard InChI is InChI=1S/C18H27FN4O.HI/c1-20-18(22-15-12-13-8-9-17(15)24-13)21-10-5-11-23(2)16-7-4-3-6-14(16)19;/h3-4,6-7,13,15,17H,5,8-12H2,1-2H3,(H2,20,21,22);1H. The topological polar surface area (TPSA) is 48.9 Å². The third kappa shape index (κ3) is 5.20. The van der Waals surface area contributed by atoms with Gasteiger partial charge >= 0.3 is 0 Å². The number of aliphatic imine (C=N–C) groups is 1. The van der Waals surface area contributed by atoms with Crippen LogP contribution in [0.1, 0.15) is 25.7 Å². The number of nitrogens with zero attached hydrogens (tertiary/aromatic N) is 2. The summed E-state index contributed by atoms with van der Waals surface area (Å²) in [5.74, 6) is 0.645. The third-order valence-electron chi connectivity index (χ3n) is 4.88. The van der Waals surface area contributed by atoms with Crippen LogP contribution >= 0.6 is 24.0 Å². The SMILES string of the molecule is CN=C(NCCCN(C)c1ccccc1F)NC1CC2CCC1O2.I. The summed E-state index contributed by atoms with van der Waals surface area (Å²) in [4.78, 5) is 6.23. The van der Waals surface area contributed by atoms with Crippen molar-refractivity contribution in [3.8, 4) is 0 Å². The molecule has 2 bridgehead atoms. The van der Waals surface area contributed by atoms with Crippen molar-refractivity contribution in [2.24, 2.45) is 4.99 Å². The summed E-state index contributed by atoms with van der Waals surface area (Å²) in [5, 5.41) is 6.81. The molecule has 5 nitrogen and oxygen atoms in total. The number of ether oxygens (including phenoxy) is 1. The van der Waals surface area contributed by atoms with Crippen molar-refractivity contribution in [1.29, 1.82) is 0 Å². The first-order chi connectivity index (χ1) is 11.7. The van der Waals surface area contributed by atoms with Crippen LogP contribution in [0.25, 0.3) is 0 Å². The molecule has 140 valence electrons. The molecule has 0 spiro atoms. The number of hydrogen-bond donors (Lipinski definition) is 2. The maximum Gasteiger partial charge on any atom is 0.191 e. The van der Waals surface area contributed by atoms with Gasteiger partial charge in [0.15, 0.2) is 5.96 Å². The van der Waals surface area contributed by atoms with E-state index < -0.39 is 0 Å². The molecule has 1 aromatic rings. The lowest BCUT2D eigenvalue weighted by atomic mass is 9.96. The predicted molar refractivity (Wildman–Crippen MR) is 110 cm³/mol. The third-order valence-corrected chi connectivity index (χ3v) is 4.88. The van der Waals surface area contributed by atoms with E-state index in [-0.39, 0.29) is 29.8 Å². The molecule has 0 aromatic heterocycles. The van der Waals surface area contributed by atoms with E-state index >= 15 is 0 Å². The van der Waals surface area contributed by atoms with Gasteiger partial charge in [0, 0.05) is 27.2 Å². The zero-order valence-corrected chi connectivity index (χ0v) is 17.2. The van der Waals surface area contributed by atoms with Crippen LogP contribution in [-0.2, 0) is 4.74 Å². The number of anilines is 1. The van der Waals surface area contributed by atoms with E-state index in [1.807, 2.05) is 18.0 Å². The monoisotopic (exact) mass is 462 g/mol. The average molecular weight is 462 g/mol. The van der Waals surface area contributed by atoms with Crippen molar-refractivity contribution in [1.82, 2.24) is 10.6 Å². The molecular weight excluding hydrogens is 434 g/mol. The summed E-state index contributed by atoms with van der Waals surface area (Å²) in [6.07, 6.45) is 5.07. The lowest BCUT2D eigenvalue weighted by Gasteiger charge is -2.23. The Morgan fingerprint density at radius 2 is 2.16 bits per heavy atom. The fourth-order valence-corrected chi connectivity index (χ4v) is 3.56. The Bertz CT molecular complexity index is 586. The molecule has 0 saturated carbocycles. The van der Waals surface area contributed by atoms with Gasteiger partial charge in [0.2, 0.25) is 0 Å². The van der Waals surface area contributed by atoms with E-state index in [2.05, 4.69) is 15.6 Å². The molecule has 0 aliphatic carbocycles. The molecule has 2 N–H and O–H groups in total. The Kier molecular flexibility index (Phi) is 7.74. The number of hydrogen-bond acceptors (Lipinski definition) is 3. The molecule has 25 heavy (non-hydrogen) atoms. The number of benzene rings is 1. The summed E-state index contributed by atoms with van der Waals surface area (Å²) >= 11 is 0. The van der Waals surface area contributed by atoms with Crippen LogP contribution in [-0.4, -0.2) is 51.4 Å². The summed E-state index contributed by atoms with van der Waals surface area (Å²) < 4.78 is 19.6. The lowest BCUT2D eigenvalue weighted by molar-refractivity contribution is 0.0992. The smallest absolute Gasteiger partial charge is 0.191 e. The van der Waals surface area contributed by atoms with Gasteiger partial charge in [0.1, 0.15) is 5.82 Å².